The summed E-state index contributed by atoms with van der Waals surface area (Å²) in [6, 6.07) is 11.4. The quantitative estimate of drug-likeness (QED) is 0.803. The lowest BCUT2D eigenvalue weighted by Crippen LogP contribution is -2.23. The highest BCUT2D eigenvalue weighted by Gasteiger charge is 2.18. The van der Waals surface area contributed by atoms with Crippen LogP contribution in [-0.4, -0.2) is 8.42 Å². The van der Waals surface area contributed by atoms with Gasteiger partial charge >= 0.3 is 0 Å². The van der Waals surface area contributed by atoms with Crippen LogP contribution in [0.15, 0.2) is 45.8 Å². The molecule has 3 rings (SSSR count). The van der Waals surface area contributed by atoms with Crippen LogP contribution >= 0.6 is 28.3 Å². The highest BCUT2D eigenvalue weighted by atomic mass is 79.9. The van der Waals surface area contributed by atoms with Gasteiger partial charge < -0.3 is 5.32 Å². The number of rotatable bonds is 4. The van der Waals surface area contributed by atoms with Crippen LogP contribution in [0.25, 0.3) is 0 Å². The van der Waals surface area contributed by atoms with Crippen LogP contribution < -0.4 is 10.0 Å². The van der Waals surface area contributed by atoms with Crippen molar-refractivity contribution in [3.05, 3.63) is 63.1 Å². The predicted molar refractivity (Wildman–Crippen MR) is 97.1 cm³/mol. The van der Waals surface area contributed by atoms with Crippen LogP contribution in [0, 0.1) is 6.92 Å². The number of fused-ring (bicyclic) bond motifs is 1. The van der Waals surface area contributed by atoms with Crippen LogP contribution in [-0.2, 0) is 29.7 Å². The van der Waals surface area contributed by atoms with Crippen molar-refractivity contribution in [1.29, 1.82) is 0 Å². The van der Waals surface area contributed by atoms with E-state index in [2.05, 4.69) is 38.1 Å². The van der Waals surface area contributed by atoms with E-state index in [1.807, 2.05) is 19.1 Å². The maximum absolute atomic E-state index is 12.5. The van der Waals surface area contributed by atoms with Crippen molar-refractivity contribution in [1.82, 2.24) is 10.0 Å². The third kappa shape index (κ3) is 4.14. The van der Waals surface area contributed by atoms with E-state index in [1.54, 1.807) is 12.1 Å². The SMILES string of the molecule is Cc1ccc(Br)c(S(=O)(=O)NCc2ccc3c(c2)CNC3)c1.Cl. The van der Waals surface area contributed by atoms with Gasteiger partial charge in [0.05, 0.1) is 4.90 Å². The average molecular weight is 418 g/mol. The van der Waals surface area contributed by atoms with Gasteiger partial charge in [-0.25, -0.2) is 13.1 Å². The molecular formula is C16H18BrClN2O2S. The Hall–Kier alpha value is -0.920. The van der Waals surface area contributed by atoms with Gasteiger partial charge in [-0.05, 0) is 57.2 Å². The molecule has 0 spiro atoms. The molecule has 2 N–H and O–H groups in total. The van der Waals surface area contributed by atoms with E-state index >= 15 is 0 Å². The molecule has 0 radical (unpaired) electrons. The molecule has 0 bridgehead atoms. The van der Waals surface area contributed by atoms with Gasteiger partial charge in [0.2, 0.25) is 10.0 Å². The second-order valence-corrected chi connectivity index (χ2v) is 8.05. The molecule has 0 saturated carbocycles. The maximum atomic E-state index is 12.5. The molecule has 7 heteroatoms. The lowest BCUT2D eigenvalue weighted by Gasteiger charge is -2.10. The number of hydrogen-bond acceptors (Lipinski definition) is 3. The molecule has 124 valence electrons. The molecule has 23 heavy (non-hydrogen) atoms. The Labute approximate surface area is 151 Å². The summed E-state index contributed by atoms with van der Waals surface area (Å²) in [6.45, 7) is 3.89. The molecule has 2 aromatic carbocycles. The second kappa shape index (κ2) is 7.32. The van der Waals surface area contributed by atoms with E-state index in [0.29, 0.717) is 4.47 Å². The molecule has 1 heterocycles. The zero-order valence-corrected chi connectivity index (χ0v) is 15.8. The third-order valence-electron chi connectivity index (χ3n) is 3.74. The predicted octanol–water partition coefficient (Wildman–Crippen LogP) is 3.26. The summed E-state index contributed by atoms with van der Waals surface area (Å²) < 4.78 is 28.2. The molecule has 0 atom stereocenters. The number of sulfonamides is 1. The van der Waals surface area contributed by atoms with Gasteiger partial charge in [0.15, 0.2) is 0 Å². The van der Waals surface area contributed by atoms with Crippen molar-refractivity contribution >= 4 is 38.4 Å². The average Bonchev–Trinajstić information content (AvgIpc) is 2.95. The largest absolute Gasteiger partial charge is 0.309 e. The lowest BCUT2D eigenvalue weighted by molar-refractivity contribution is 0.580. The monoisotopic (exact) mass is 416 g/mol. The maximum Gasteiger partial charge on any atom is 0.242 e. The van der Waals surface area contributed by atoms with Gasteiger partial charge in [0.1, 0.15) is 0 Å². The summed E-state index contributed by atoms with van der Waals surface area (Å²) in [7, 11) is -3.54. The van der Waals surface area contributed by atoms with Crippen molar-refractivity contribution in [3.63, 3.8) is 0 Å². The molecule has 0 amide bonds. The fourth-order valence-electron chi connectivity index (χ4n) is 2.53. The van der Waals surface area contributed by atoms with Crippen LogP contribution in [0.4, 0.5) is 0 Å². The highest BCUT2D eigenvalue weighted by molar-refractivity contribution is 9.10. The zero-order chi connectivity index (χ0) is 15.7. The Balaban J connectivity index is 0.00000192. The van der Waals surface area contributed by atoms with Crippen molar-refractivity contribution < 1.29 is 8.42 Å². The van der Waals surface area contributed by atoms with Gasteiger partial charge in [-0.3, -0.25) is 0 Å². The zero-order valence-electron chi connectivity index (χ0n) is 12.6. The van der Waals surface area contributed by atoms with Crippen LogP contribution in [0.5, 0.6) is 0 Å². The molecule has 0 aromatic heterocycles. The Morgan fingerprint density at radius 3 is 2.65 bits per heavy atom. The van der Waals surface area contributed by atoms with Gasteiger partial charge in [0.25, 0.3) is 0 Å². The summed E-state index contributed by atoms with van der Waals surface area (Å²) in [5.41, 5.74) is 4.41. The van der Waals surface area contributed by atoms with E-state index in [0.717, 1.165) is 24.2 Å². The van der Waals surface area contributed by atoms with Crippen LogP contribution in [0.2, 0.25) is 0 Å². The minimum atomic E-state index is -3.54. The number of hydrogen-bond donors (Lipinski definition) is 2. The van der Waals surface area contributed by atoms with Crippen molar-refractivity contribution in [2.75, 3.05) is 0 Å². The molecule has 0 fully saturated rings. The van der Waals surface area contributed by atoms with Gasteiger partial charge in [-0.1, -0.05) is 24.3 Å². The Kier molecular flexibility index (Phi) is 5.86. The minimum Gasteiger partial charge on any atom is -0.309 e. The molecule has 0 saturated heterocycles. The van der Waals surface area contributed by atoms with Crippen LogP contribution in [0.1, 0.15) is 22.3 Å². The summed E-state index contributed by atoms with van der Waals surface area (Å²) in [5.74, 6) is 0. The summed E-state index contributed by atoms with van der Waals surface area (Å²) in [5, 5.41) is 3.28. The first kappa shape index (κ1) is 18.4. The van der Waals surface area contributed by atoms with Gasteiger partial charge in [0, 0.05) is 24.1 Å². The molecule has 1 aliphatic rings. The smallest absolute Gasteiger partial charge is 0.242 e. The standard InChI is InChI=1S/C16H17BrN2O2S.ClH/c1-11-2-5-15(17)16(6-11)22(20,21)19-8-12-3-4-13-9-18-10-14(13)7-12;/h2-7,18-19H,8-10H2,1H3;1H. The van der Waals surface area contributed by atoms with Gasteiger partial charge in [-0.2, -0.15) is 0 Å². The van der Waals surface area contributed by atoms with Gasteiger partial charge in [-0.15, -0.1) is 12.4 Å². The van der Waals surface area contributed by atoms with Crippen molar-refractivity contribution in [2.45, 2.75) is 31.5 Å². The summed E-state index contributed by atoms with van der Waals surface area (Å²) >= 11 is 3.31. The summed E-state index contributed by atoms with van der Waals surface area (Å²) in [6.07, 6.45) is 0. The molecule has 0 aliphatic carbocycles. The number of benzene rings is 2. The first-order valence-electron chi connectivity index (χ1n) is 7.03. The number of nitrogens with one attached hydrogen (secondary N) is 2. The Morgan fingerprint density at radius 2 is 1.87 bits per heavy atom. The first-order valence-corrected chi connectivity index (χ1v) is 9.30. The fourth-order valence-corrected chi connectivity index (χ4v) is 4.59. The van der Waals surface area contributed by atoms with E-state index in [1.165, 1.54) is 11.1 Å². The Morgan fingerprint density at radius 1 is 1.13 bits per heavy atom. The normalized spacial score (nSPS) is 13.5. The van der Waals surface area contributed by atoms with Crippen molar-refractivity contribution in [2.24, 2.45) is 0 Å². The third-order valence-corrected chi connectivity index (χ3v) is 6.14. The van der Waals surface area contributed by atoms with E-state index in [4.69, 9.17) is 0 Å². The minimum absolute atomic E-state index is 0. The first-order chi connectivity index (χ1) is 10.5. The van der Waals surface area contributed by atoms with E-state index in [9.17, 15) is 8.42 Å². The van der Waals surface area contributed by atoms with Crippen LogP contribution in [0.3, 0.4) is 0 Å². The molecule has 0 unspecified atom stereocenters. The van der Waals surface area contributed by atoms with E-state index in [-0.39, 0.29) is 23.8 Å². The molecule has 4 nitrogen and oxygen atoms in total. The van der Waals surface area contributed by atoms with Crippen molar-refractivity contribution in [3.8, 4) is 0 Å². The second-order valence-electron chi connectivity index (χ2n) is 5.47. The summed E-state index contributed by atoms with van der Waals surface area (Å²) in [4.78, 5) is 0.273. The highest BCUT2D eigenvalue weighted by Crippen LogP contribution is 2.23. The topological polar surface area (TPSA) is 58.2 Å². The number of aryl methyl sites for hydroxylation is 1. The molecule has 1 aliphatic heterocycles. The van der Waals surface area contributed by atoms with E-state index < -0.39 is 10.0 Å². The molecule has 2 aromatic rings. The Bertz CT molecular complexity index is 825. The number of halogens is 2. The molecular weight excluding hydrogens is 400 g/mol. The fraction of sp³-hybridized carbons (Fsp3) is 0.250. The lowest BCUT2D eigenvalue weighted by atomic mass is 10.1.